The van der Waals surface area contributed by atoms with Crippen LogP contribution in [0.25, 0.3) is 0 Å². The summed E-state index contributed by atoms with van der Waals surface area (Å²) in [4.78, 5) is 29.9. The highest BCUT2D eigenvalue weighted by Crippen LogP contribution is 2.15. The molecule has 2 aliphatic heterocycles. The van der Waals surface area contributed by atoms with Gasteiger partial charge in [0.05, 0.1) is 6.04 Å². The molecule has 0 spiro atoms. The van der Waals surface area contributed by atoms with E-state index in [-0.39, 0.29) is 18.0 Å². The lowest BCUT2D eigenvalue weighted by atomic mass is 10.1. The van der Waals surface area contributed by atoms with Gasteiger partial charge in [-0.05, 0) is 24.6 Å². The quantitative estimate of drug-likeness (QED) is 0.891. The summed E-state index contributed by atoms with van der Waals surface area (Å²) in [7, 11) is 0. The smallest absolute Gasteiger partial charge is 0.324 e. The Hall–Kier alpha value is -1.63. The molecule has 0 radical (unpaired) electrons. The predicted molar refractivity (Wildman–Crippen MR) is 92.9 cm³/mol. The van der Waals surface area contributed by atoms with Crippen LogP contribution in [-0.2, 0) is 11.3 Å². The van der Waals surface area contributed by atoms with E-state index in [0.29, 0.717) is 13.1 Å². The zero-order valence-electron chi connectivity index (χ0n) is 13.9. The molecule has 1 aromatic rings. The lowest BCUT2D eigenvalue weighted by molar-refractivity contribution is -0.133. The SMILES string of the molecule is C[C@@H](C(=O)N1CCNC1=O)N1CCN(Cc2cccc(Cl)c2)CC1. The summed E-state index contributed by atoms with van der Waals surface area (Å²) in [6.07, 6.45) is 0. The van der Waals surface area contributed by atoms with Crippen LogP contribution in [0.1, 0.15) is 12.5 Å². The number of hydrogen-bond donors (Lipinski definition) is 1. The molecule has 2 aliphatic rings. The molecule has 0 unspecified atom stereocenters. The fourth-order valence-corrected chi connectivity index (χ4v) is 3.48. The van der Waals surface area contributed by atoms with Crippen molar-refractivity contribution >= 4 is 23.5 Å². The van der Waals surface area contributed by atoms with Crippen LogP contribution in [-0.4, -0.2) is 71.9 Å². The molecule has 1 atom stereocenters. The summed E-state index contributed by atoms with van der Waals surface area (Å²) in [6.45, 7) is 7.21. The maximum Gasteiger partial charge on any atom is 0.324 e. The summed E-state index contributed by atoms with van der Waals surface area (Å²) in [6, 6.07) is 7.39. The van der Waals surface area contributed by atoms with Crippen LogP contribution in [0.15, 0.2) is 24.3 Å². The number of urea groups is 1. The summed E-state index contributed by atoms with van der Waals surface area (Å²) in [5.74, 6) is -0.103. The summed E-state index contributed by atoms with van der Waals surface area (Å²) < 4.78 is 0. The van der Waals surface area contributed by atoms with Crippen molar-refractivity contribution in [1.29, 1.82) is 0 Å². The Balaban J connectivity index is 1.51. The highest BCUT2D eigenvalue weighted by molar-refractivity contribution is 6.30. The molecule has 0 aromatic heterocycles. The van der Waals surface area contributed by atoms with Gasteiger partial charge >= 0.3 is 6.03 Å². The van der Waals surface area contributed by atoms with Crippen molar-refractivity contribution in [3.8, 4) is 0 Å². The third kappa shape index (κ3) is 3.88. The van der Waals surface area contributed by atoms with Crippen molar-refractivity contribution in [2.24, 2.45) is 0 Å². The number of carbonyl (C=O) groups is 2. The number of nitrogens with one attached hydrogen (secondary N) is 1. The fraction of sp³-hybridized carbons (Fsp3) is 0.529. The molecule has 130 valence electrons. The largest absolute Gasteiger partial charge is 0.336 e. The van der Waals surface area contributed by atoms with Crippen molar-refractivity contribution in [2.45, 2.75) is 19.5 Å². The van der Waals surface area contributed by atoms with E-state index in [1.807, 2.05) is 25.1 Å². The second kappa shape index (κ2) is 7.51. The maximum atomic E-state index is 12.5. The zero-order valence-corrected chi connectivity index (χ0v) is 14.6. The number of benzene rings is 1. The molecule has 3 rings (SSSR count). The lowest BCUT2D eigenvalue weighted by Crippen LogP contribution is -2.54. The first-order valence-corrected chi connectivity index (χ1v) is 8.72. The van der Waals surface area contributed by atoms with Gasteiger partial charge in [-0.2, -0.15) is 0 Å². The molecule has 1 N–H and O–H groups in total. The average Bonchev–Trinajstić information content (AvgIpc) is 3.00. The Morgan fingerprint density at radius 2 is 2.00 bits per heavy atom. The zero-order chi connectivity index (χ0) is 17.1. The van der Waals surface area contributed by atoms with Crippen LogP contribution in [0.5, 0.6) is 0 Å². The number of nitrogens with zero attached hydrogens (tertiary/aromatic N) is 3. The van der Waals surface area contributed by atoms with E-state index >= 15 is 0 Å². The van der Waals surface area contributed by atoms with Gasteiger partial charge in [0, 0.05) is 50.8 Å². The first-order chi connectivity index (χ1) is 11.5. The number of imide groups is 1. The third-order valence-electron chi connectivity index (χ3n) is 4.73. The molecule has 2 saturated heterocycles. The number of rotatable bonds is 4. The van der Waals surface area contributed by atoms with Crippen LogP contribution < -0.4 is 5.32 Å². The van der Waals surface area contributed by atoms with Crippen LogP contribution in [0.2, 0.25) is 5.02 Å². The molecule has 0 bridgehead atoms. The van der Waals surface area contributed by atoms with Crippen molar-refractivity contribution < 1.29 is 9.59 Å². The number of halogens is 1. The lowest BCUT2D eigenvalue weighted by Gasteiger charge is -2.38. The van der Waals surface area contributed by atoms with Gasteiger partial charge in [0.1, 0.15) is 0 Å². The second-order valence-corrected chi connectivity index (χ2v) is 6.78. The summed E-state index contributed by atoms with van der Waals surface area (Å²) in [5, 5.41) is 3.43. The van der Waals surface area contributed by atoms with Crippen LogP contribution in [0, 0.1) is 0 Å². The highest BCUT2D eigenvalue weighted by Gasteiger charge is 2.33. The summed E-state index contributed by atoms with van der Waals surface area (Å²) >= 11 is 6.03. The van der Waals surface area contributed by atoms with Gasteiger partial charge in [-0.3, -0.25) is 19.5 Å². The standard InChI is InChI=1S/C17H23ClN4O2/c1-13(16(23)22-6-5-19-17(22)24)21-9-7-20(8-10-21)12-14-3-2-4-15(18)11-14/h2-4,11,13H,5-10,12H2,1H3,(H,19,24)/t13-/m0/s1. The minimum absolute atomic E-state index is 0.103. The van der Waals surface area contributed by atoms with Gasteiger partial charge in [-0.15, -0.1) is 0 Å². The fourth-order valence-electron chi connectivity index (χ4n) is 3.27. The Bertz CT molecular complexity index is 616. The first-order valence-electron chi connectivity index (χ1n) is 8.34. The number of carbonyl (C=O) groups excluding carboxylic acids is 2. The number of piperazine rings is 1. The Morgan fingerprint density at radius 3 is 2.62 bits per heavy atom. The molecule has 3 amide bonds. The molecule has 0 aliphatic carbocycles. The van der Waals surface area contributed by atoms with Crippen molar-refractivity contribution in [1.82, 2.24) is 20.0 Å². The van der Waals surface area contributed by atoms with Gasteiger partial charge in [-0.1, -0.05) is 23.7 Å². The molecule has 7 heteroatoms. The Kier molecular flexibility index (Phi) is 5.38. The molecule has 6 nitrogen and oxygen atoms in total. The topological polar surface area (TPSA) is 55.9 Å². The molecule has 0 saturated carbocycles. The van der Waals surface area contributed by atoms with Crippen molar-refractivity contribution in [3.05, 3.63) is 34.9 Å². The number of amides is 3. The van der Waals surface area contributed by atoms with Crippen LogP contribution in [0.3, 0.4) is 0 Å². The van der Waals surface area contributed by atoms with Gasteiger partial charge in [0.15, 0.2) is 0 Å². The molecule has 2 heterocycles. The predicted octanol–water partition coefficient (Wildman–Crippen LogP) is 1.40. The summed E-state index contributed by atoms with van der Waals surface area (Å²) in [5.41, 5.74) is 1.20. The van der Waals surface area contributed by atoms with E-state index in [9.17, 15) is 9.59 Å². The average molecular weight is 351 g/mol. The van der Waals surface area contributed by atoms with E-state index < -0.39 is 0 Å². The Labute approximate surface area is 147 Å². The van der Waals surface area contributed by atoms with Crippen molar-refractivity contribution in [2.75, 3.05) is 39.3 Å². The first kappa shape index (κ1) is 17.2. The van der Waals surface area contributed by atoms with E-state index in [1.165, 1.54) is 10.5 Å². The number of hydrogen-bond acceptors (Lipinski definition) is 4. The van der Waals surface area contributed by atoms with E-state index in [1.54, 1.807) is 0 Å². The second-order valence-electron chi connectivity index (χ2n) is 6.34. The van der Waals surface area contributed by atoms with E-state index in [0.717, 1.165) is 37.7 Å². The highest BCUT2D eigenvalue weighted by atomic mass is 35.5. The van der Waals surface area contributed by atoms with Gasteiger partial charge in [-0.25, -0.2) is 4.79 Å². The molecular formula is C17H23ClN4O2. The third-order valence-corrected chi connectivity index (χ3v) is 4.97. The maximum absolute atomic E-state index is 12.5. The molecular weight excluding hydrogens is 328 g/mol. The van der Waals surface area contributed by atoms with Crippen LogP contribution >= 0.6 is 11.6 Å². The monoisotopic (exact) mass is 350 g/mol. The molecule has 2 fully saturated rings. The normalized spacial score (nSPS) is 20.9. The van der Waals surface area contributed by atoms with Crippen molar-refractivity contribution in [3.63, 3.8) is 0 Å². The van der Waals surface area contributed by atoms with E-state index in [4.69, 9.17) is 11.6 Å². The molecule has 24 heavy (non-hydrogen) atoms. The van der Waals surface area contributed by atoms with Crippen LogP contribution in [0.4, 0.5) is 4.79 Å². The van der Waals surface area contributed by atoms with Gasteiger partial charge in [0.2, 0.25) is 5.91 Å². The van der Waals surface area contributed by atoms with Gasteiger partial charge < -0.3 is 5.32 Å². The Morgan fingerprint density at radius 1 is 1.25 bits per heavy atom. The molecule has 1 aromatic carbocycles. The van der Waals surface area contributed by atoms with E-state index in [2.05, 4.69) is 21.2 Å². The minimum atomic E-state index is -0.272. The minimum Gasteiger partial charge on any atom is -0.336 e. The van der Waals surface area contributed by atoms with Gasteiger partial charge in [0.25, 0.3) is 0 Å².